The molecule has 0 saturated heterocycles. The lowest BCUT2D eigenvalue weighted by Gasteiger charge is -2.08. The summed E-state index contributed by atoms with van der Waals surface area (Å²) >= 11 is 0. The van der Waals surface area contributed by atoms with Crippen molar-refractivity contribution in [1.29, 1.82) is 5.41 Å². The third kappa shape index (κ3) is 2.20. The van der Waals surface area contributed by atoms with E-state index in [1.165, 1.54) is 0 Å². The Morgan fingerprint density at radius 1 is 1.41 bits per heavy atom. The van der Waals surface area contributed by atoms with Crippen LogP contribution in [0.3, 0.4) is 0 Å². The van der Waals surface area contributed by atoms with Crippen LogP contribution in [0.15, 0.2) is 24.3 Å². The Labute approximate surface area is 99.9 Å². The minimum atomic E-state index is -0.0103. The molecule has 0 saturated carbocycles. The van der Waals surface area contributed by atoms with Crippen molar-refractivity contribution < 1.29 is 4.74 Å². The summed E-state index contributed by atoms with van der Waals surface area (Å²) in [4.78, 5) is 4.33. The van der Waals surface area contributed by atoms with Gasteiger partial charge >= 0.3 is 0 Å². The summed E-state index contributed by atoms with van der Waals surface area (Å²) in [7, 11) is 0. The first-order valence-electron chi connectivity index (χ1n) is 5.50. The number of aromatic nitrogens is 1. The molecule has 0 fully saturated rings. The van der Waals surface area contributed by atoms with Crippen molar-refractivity contribution in [2.75, 3.05) is 6.61 Å². The van der Waals surface area contributed by atoms with Gasteiger partial charge in [0, 0.05) is 5.39 Å². The number of benzene rings is 1. The van der Waals surface area contributed by atoms with E-state index in [0.29, 0.717) is 12.3 Å². The first-order valence-corrected chi connectivity index (χ1v) is 5.50. The number of ether oxygens (including phenoxy) is 1. The fourth-order valence-electron chi connectivity index (χ4n) is 1.77. The molecule has 2 aromatic rings. The Kier molecular flexibility index (Phi) is 2.95. The largest absolute Gasteiger partial charge is 0.494 e. The standard InChI is InChI=1S/C13H15N3O/c1-3-17-9-4-5-11-10(7-9)8(2)6-12(16-11)13(14)15/h4-7H,3H2,1-2H3,(H3,14,15). The average molecular weight is 229 g/mol. The fourth-order valence-corrected chi connectivity index (χ4v) is 1.77. The molecule has 0 radical (unpaired) electrons. The number of pyridine rings is 1. The highest BCUT2D eigenvalue weighted by atomic mass is 16.5. The second kappa shape index (κ2) is 4.41. The monoisotopic (exact) mass is 229 g/mol. The molecule has 2 rings (SSSR count). The Bertz CT molecular complexity index is 578. The van der Waals surface area contributed by atoms with Crippen LogP contribution in [-0.4, -0.2) is 17.4 Å². The molecule has 1 heterocycles. The van der Waals surface area contributed by atoms with Crippen LogP contribution in [0.25, 0.3) is 10.9 Å². The molecular weight excluding hydrogens is 214 g/mol. The van der Waals surface area contributed by atoms with Gasteiger partial charge in [0.2, 0.25) is 0 Å². The number of nitrogens with two attached hydrogens (primary N) is 1. The average Bonchev–Trinajstić information content (AvgIpc) is 2.30. The number of rotatable bonds is 3. The number of nitrogen functional groups attached to an aromatic ring is 1. The zero-order chi connectivity index (χ0) is 12.4. The molecule has 1 aromatic heterocycles. The van der Waals surface area contributed by atoms with Crippen LogP contribution >= 0.6 is 0 Å². The Morgan fingerprint density at radius 2 is 2.18 bits per heavy atom. The molecule has 0 aliphatic carbocycles. The first-order chi connectivity index (χ1) is 8.11. The molecule has 0 atom stereocenters. The number of amidine groups is 1. The predicted octanol–water partition coefficient (Wildman–Crippen LogP) is 2.23. The molecule has 0 aliphatic rings. The summed E-state index contributed by atoms with van der Waals surface area (Å²) in [5.74, 6) is 0.823. The maximum atomic E-state index is 7.41. The van der Waals surface area contributed by atoms with Crippen LogP contribution in [0.1, 0.15) is 18.2 Å². The van der Waals surface area contributed by atoms with E-state index in [2.05, 4.69) is 4.98 Å². The molecule has 0 amide bonds. The topological polar surface area (TPSA) is 72.0 Å². The maximum absolute atomic E-state index is 7.41. The van der Waals surface area contributed by atoms with Gasteiger partial charge in [-0.3, -0.25) is 5.41 Å². The van der Waals surface area contributed by atoms with Gasteiger partial charge in [0.05, 0.1) is 12.1 Å². The van der Waals surface area contributed by atoms with E-state index in [1.807, 2.05) is 38.1 Å². The molecule has 4 nitrogen and oxygen atoms in total. The highest BCUT2D eigenvalue weighted by Crippen LogP contribution is 2.23. The molecule has 4 heteroatoms. The van der Waals surface area contributed by atoms with E-state index in [0.717, 1.165) is 22.2 Å². The lowest BCUT2D eigenvalue weighted by atomic mass is 10.1. The van der Waals surface area contributed by atoms with Crippen LogP contribution in [0, 0.1) is 12.3 Å². The number of nitrogens with one attached hydrogen (secondary N) is 1. The predicted molar refractivity (Wildman–Crippen MR) is 68.7 cm³/mol. The SMILES string of the molecule is CCOc1ccc2nc(C(=N)N)cc(C)c2c1. The van der Waals surface area contributed by atoms with Gasteiger partial charge in [0.15, 0.2) is 0 Å². The highest BCUT2D eigenvalue weighted by molar-refractivity contribution is 5.96. The van der Waals surface area contributed by atoms with Gasteiger partial charge in [0.1, 0.15) is 17.3 Å². The lowest BCUT2D eigenvalue weighted by Crippen LogP contribution is -2.13. The third-order valence-electron chi connectivity index (χ3n) is 2.57. The number of fused-ring (bicyclic) bond motifs is 1. The zero-order valence-electron chi connectivity index (χ0n) is 9.95. The molecular formula is C13H15N3O. The van der Waals surface area contributed by atoms with Crippen LogP contribution in [-0.2, 0) is 0 Å². The van der Waals surface area contributed by atoms with Gasteiger partial charge in [-0.2, -0.15) is 0 Å². The summed E-state index contributed by atoms with van der Waals surface area (Å²) in [6, 6.07) is 7.55. The van der Waals surface area contributed by atoms with E-state index in [-0.39, 0.29) is 5.84 Å². The molecule has 0 unspecified atom stereocenters. The van der Waals surface area contributed by atoms with E-state index in [1.54, 1.807) is 0 Å². The van der Waals surface area contributed by atoms with Crippen molar-refractivity contribution in [3.05, 3.63) is 35.5 Å². The Hall–Kier alpha value is -2.10. The van der Waals surface area contributed by atoms with Crippen LogP contribution in [0.4, 0.5) is 0 Å². The van der Waals surface area contributed by atoms with Crippen LogP contribution in [0.2, 0.25) is 0 Å². The Balaban J connectivity index is 2.60. The van der Waals surface area contributed by atoms with Crippen molar-refractivity contribution in [2.45, 2.75) is 13.8 Å². The van der Waals surface area contributed by atoms with Crippen molar-refractivity contribution in [3.8, 4) is 5.75 Å². The third-order valence-corrected chi connectivity index (χ3v) is 2.57. The maximum Gasteiger partial charge on any atom is 0.141 e. The summed E-state index contributed by atoms with van der Waals surface area (Å²) < 4.78 is 5.45. The normalized spacial score (nSPS) is 10.5. The molecule has 0 spiro atoms. The van der Waals surface area contributed by atoms with Gasteiger partial charge in [-0.25, -0.2) is 4.98 Å². The lowest BCUT2D eigenvalue weighted by molar-refractivity contribution is 0.340. The number of hydrogen-bond donors (Lipinski definition) is 2. The molecule has 0 bridgehead atoms. The summed E-state index contributed by atoms with van der Waals surface area (Å²) in [5.41, 5.74) is 7.84. The zero-order valence-corrected chi connectivity index (χ0v) is 9.95. The molecule has 3 N–H and O–H groups in total. The fraction of sp³-hybridized carbons (Fsp3) is 0.231. The molecule has 88 valence electrons. The van der Waals surface area contributed by atoms with Gasteiger partial charge in [-0.1, -0.05) is 0 Å². The second-order valence-electron chi connectivity index (χ2n) is 3.85. The highest BCUT2D eigenvalue weighted by Gasteiger charge is 2.06. The summed E-state index contributed by atoms with van der Waals surface area (Å²) in [6.07, 6.45) is 0. The van der Waals surface area contributed by atoms with Crippen molar-refractivity contribution in [2.24, 2.45) is 5.73 Å². The minimum absolute atomic E-state index is 0.0103. The number of nitrogens with zero attached hydrogens (tertiary/aromatic N) is 1. The van der Waals surface area contributed by atoms with Gasteiger partial charge in [-0.15, -0.1) is 0 Å². The van der Waals surface area contributed by atoms with E-state index >= 15 is 0 Å². The molecule has 0 aliphatic heterocycles. The molecule has 17 heavy (non-hydrogen) atoms. The Morgan fingerprint density at radius 3 is 2.82 bits per heavy atom. The summed E-state index contributed by atoms with van der Waals surface area (Å²) in [5, 5.41) is 8.43. The van der Waals surface area contributed by atoms with E-state index in [4.69, 9.17) is 15.9 Å². The van der Waals surface area contributed by atoms with E-state index < -0.39 is 0 Å². The van der Waals surface area contributed by atoms with Crippen LogP contribution < -0.4 is 10.5 Å². The van der Waals surface area contributed by atoms with Crippen LogP contribution in [0.5, 0.6) is 5.75 Å². The summed E-state index contributed by atoms with van der Waals surface area (Å²) in [6.45, 7) is 4.57. The van der Waals surface area contributed by atoms with Crippen molar-refractivity contribution in [3.63, 3.8) is 0 Å². The van der Waals surface area contributed by atoms with Crippen molar-refractivity contribution >= 4 is 16.7 Å². The quantitative estimate of drug-likeness (QED) is 0.626. The van der Waals surface area contributed by atoms with Gasteiger partial charge < -0.3 is 10.5 Å². The number of hydrogen-bond acceptors (Lipinski definition) is 3. The minimum Gasteiger partial charge on any atom is -0.494 e. The molecule has 1 aromatic carbocycles. The smallest absolute Gasteiger partial charge is 0.141 e. The van der Waals surface area contributed by atoms with Gasteiger partial charge in [0.25, 0.3) is 0 Å². The second-order valence-corrected chi connectivity index (χ2v) is 3.85. The van der Waals surface area contributed by atoms with E-state index in [9.17, 15) is 0 Å². The number of aryl methyl sites for hydroxylation is 1. The van der Waals surface area contributed by atoms with Gasteiger partial charge in [-0.05, 0) is 43.7 Å². The van der Waals surface area contributed by atoms with Crippen molar-refractivity contribution in [1.82, 2.24) is 4.98 Å². The first kappa shape index (κ1) is 11.4.